The number of hydrogen-bond donors (Lipinski definition) is 2. The monoisotopic (exact) mass is 378 g/mol. The van der Waals surface area contributed by atoms with Crippen molar-refractivity contribution in [2.75, 3.05) is 18.2 Å². The number of carbonyl (C=O) groups excluding carboxylic acids is 1. The van der Waals surface area contributed by atoms with E-state index in [0.29, 0.717) is 23.7 Å². The molecule has 4 nitrogen and oxygen atoms in total. The lowest BCUT2D eigenvalue weighted by Gasteiger charge is -2.57. The third kappa shape index (κ3) is 3.64. The SMILES string of the molecule is CCOC1CC(N)(C(=O)Nc2ccc(SC)c(Cl)c2)C1(C)C.Cl. The number of ether oxygens (including phenoxy) is 1. The molecular weight excluding hydrogens is 355 g/mol. The summed E-state index contributed by atoms with van der Waals surface area (Å²) in [4.78, 5) is 13.6. The van der Waals surface area contributed by atoms with E-state index in [0.717, 1.165) is 4.90 Å². The Balaban J connectivity index is 0.00000264. The van der Waals surface area contributed by atoms with Gasteiger partial charge in [0, 0.05) is 29.0 Å². The number of halogens is 2. The fourth-order valence-electron chi connectivity index (χ4n) is 2.81. The molecule has 1 aliphatic rings. The molecule has 7 heteroatoms. The first-order valence-electron chi connectivity index (χ1n) is 7.31. The molecule has 0 heterocycles. The summed E-state index contributed by atoms with van der Waals surface area (Å²) in [5.74, 6) is -0.193. The standard InChI is InChI=1S/C16H23ClN2O2S.ClH/c1-5-21-13-9-16(18,15(13,2)3)14(20)19-10-6-7-12(22-4)11(17)8-10;/h6-8,13H,5,9,18H2,1-4H3,(H,19,20);1H. The van der Waals surface area contributed by atoms with E-state index < -0.39 is 11.0 Å². The molecule has 23 heavy (non-hydrogen) atoms. The van der Waals surface area contributed by atoms with Crippen LogP contribution in [-0.2, 0) is 9.53 Å². The number of anilines is 1. The average molecular weight is 379 g/mol. The quantitative estimate of drug-likeness (QED) is 0.761. The minimum atomic E-state index is -0.933. The molecule has 1 aromatic rings. The fourth-order valence-corrected chi connectivity index (χ4v) is 3.68. The normalized spacial score (nSPS) is 25.2. The van der Waals surface area contributed by atoms with Crippen molar-refractivity contribution in [1.29, 1.82) is 0 Å². The summed E-state index contributed by atoms with van der Waals surface area (Å²) in [6, 6.07) is 5.48. The van der Waals surface area contributed by atoms with Crippen LogP contribution in [0.1, 0.15) is 27.2 Å². The lowest BCUT2D eigenvalue weighted by atomic mass is 9.54. The molecule has 1 amide bonds. The number of nitrogens with two attached hydrogens (primary N) is 1. The van der Waals surface area contributed by atoms with Gasteiger partial charge in [0.1, 0.15) is 5.54 Å². The van der Waals surface area contributed by atoms with Gasteiger partial charge in [-0.25, -0.2) is 0 Å². The molecule has 0 aliphatic heterocycles. The minimum Gasteiger partial charge on any atom is -0.378 e. The zero-order valence-electron chi connectivity index (χ0n) is 13.8. The number of rotatable bonds is 5. The third-order valence-corrected chi connectivity index (χ3v) is 5.87. The molecule has 1 aliphatic carbocycles. The summed E-state index contributed by atoms with van der Waals surface area (Å²) in [7, 11) is 0. The number of nitrogens with one attached hydrogen (secondary N) is 1. The Morgan fingerprint density at radius 3 is 2.65 bits per heavy atom. The molecule has 2 unspecified atom stereocenters. The van der Waals surface area contributed by atoms with E-state index in [1.54, 1.807) is 17.8 Å². The van der Waals surface area contributed by atoms with Crippen molar-refractivity contribution in [3.8, 4) is 0 Å². The first-order chi connectivity index (χ1) is 10.3. The van der Waals surface area contributed by atoms with Crippen LogP contribution in [0.4, 0.5) is 5.69 Å². The number of benzene rings is 1. The van der Waals surface area contributed by atoms with Gasteiger partial charge < -0.3 is 15.8 Å². The molecule has 1 aromatic carbocycles. The summed E-state index contributed by atoms with van der Waals surface area (Å²) in [6.07, 6.45) is 2.49. The Morgan fingerprint density at radius 2 is 2.17 bits per heavy atom. The summed E-state index contributed by atoms with van der Waals surface area (Å²) < 4.78 is 5.65. The zero-order valence-corrected chi connectivity index (χ0v) is 16.2. The second-order valence-corrected chi connectivity index (χ2v) is 7.40. The molecule has 1 fully saturated rings. The fraction of sp³-hybridized carbons (Fsp3) is 0.562. The molecule has 0 radical (unpaired) electrons. The molecule has 0 saturated heterocycles. The smallest absolute Gasteiger partial charge is 0.245 e. The minimum absolute atomic E-state index is 0. The van der Waals surface area contributed by atoms with Crippen molar-refractivity contribution in [3.63, 3.8) is 0 Å². The highest BCUT2D eigenvalue weighted by molar-refractivity contribution is 7.98. The molecule has 2 rings (SSSR count). The Labute approximate surface area is 153 Å². The van der Waals surface area contributed by atoms with E-state index in [9.17, 15) is 4.79 Å². The van der Waals surface area contributed by atoms with Crippen LogP contribution in [0.25, 0.3) is 0 Å². The van der Waals surface area contributed by atoms with Gasteiger partial charge in [0.05, 0.1) is 11.1 Å². The van der Waals surface area contributed by atoms with Crippen LogP contribution in [0.5, 0.6) is 0 Å². The van der Waals surface area contributed by atoms with Gasteiger partial charge >= 0.3 is 0 Å². The third-order valence-electron chi connectivity index (χ3n) is 4.64. The molecule has 0 aromatic heterocycles. The maximum absolute atomic E-state index is 12.6. The molecule has 2 atom stereocenters. The van der Waals surface area contributed by atoms with Gasteiger partial charge in [0.25, 0.3) is 0 Å². The van der Waals surface area contributed by atoms with Gasteiger partial charge in [-0.3, -0.25) is 4.79 Å². The highest BCUT2D eigenvalue weighted by Gasteiger charge is 2.62. The highest BCUT2D eigenvalue weighted by atomic mass is 35.5. The Morgan fingerprint density at radius 1 is 1.52 bits per heavy atom. The predicted molar refractivity (Wildman–Crippen MR) is 99.8 cm³/mol. The van der Waals surface area contributed by atoms with Crippen LogP contribution in [0, 0.1) is 5.41 Å². The molecular formula is C16H24Cl2N2O2S. The summed E-state index contributed by atoms with van der Waals surface area (Å²) in [6.45, 7) is 6.51. The van der Waals surface area contributed by atoms with Crippen LogP contribution >= 0.6 is 35.8 Å². The lowest BCUT2D eigenvalue weighted by Crippen LogP contribution is -2.74. The average Bonchev–Trinajstić information content (AvgIpc) is 2.47. The van der Waals surface area contributed by atoms with Crippen LogP contribution in [0.3, 0.4) is 0 Å². The van der Waals surface area contributed by atoms with Crippen molar-refractivity contribution in [3.05, 3.63) is 23.2 Å². The molecule has 1 saturated carbocycles. The van der Waals surface area contributed by atoms with Crippen molar-refractivity contribution < 1.29 is 9.53 Å². The molecule has 0 spiro atoms. The first-order valence-corrected chi connectivity index (χ1v) is 8.92. The number of amides is 1. The van der Waals surface area contributed by atoms with Crippen molar-refractivity contribution >= 4 is 47.4 Å². The van der Waals surface area contributed by atoms with Gasteiger partial charge in [-0.05, 0) is 31.4 Å². The largest absolute Gasteiger partial charge is 0.378 e. The van der Waals surface area contributed by atoms with Crippen LogP contribution in [0.2, 0.25) is 5.02 Å². The second-order valence-electron chi connectivity index (χ2n) is 6.14. The second kappa shape index (κ2) is 7.62. The Kier molecular flexibility index (Phi) is 6.82. The summed E-state index contributed by atoms with van der Waals surface area (Å²) in [5, 5.41) is 3.50. The van der Waals surface area contributed by atoms with Gasteiger partial charge in [-0.1, -0.05) is 25.4 Å². The van der Waals surface area contributed by atoms with E-state index in [1.165, 1.54) is 0 Å². The van der Waals surface area contributed by atoms with E-state index in [-0.39, 0.29) is 24.4 Å². The van der Waals surface area contributed by atoms with E-state index in [4.69, 9.17) is 22.1 Å². The Hall–Kier alpha value is -0.460. The van der Waals surface area contributed by atoms with Crippen LogP contribution in [0.15, 0.2) is 23.1 Å². The van der Waals surface area contributed by atoms with Crippen LogP contribution in [-0.4, -0.2) is 30.4 Å². The Bertz CT molecular complexity index is 583. The molecule has 0 bridgehead atoms. The highest BCUT2D eigenvalue weighted by Crippen LogP contribution is 2.50. The van der Waals surface area contributed by atoms with Crippen molar-refractivity contribution in [2.24, 2.45) is 11.1 Å². The predicted octanol–water partition coefficient (Wildman–Crippen LogP) is 3.95. The summed E-state index contributed by atoms with van der Waals surface area (Å²) >= 11 is 7.74. The number of carbonyl (C=O) groups is 1. The zero-order chi connectivity index (χ0) is 16.5. The lowest BCUT2D eigenvalue weighted by molar-refractivity contribution is -0.166. The summed E-state index contributed by atoms with van der Waals surface area (Å²) in [5.41, 5.74) is 5.68. The molecule has 130 valence electrons. The van der Waals surface area contributed by atoms with E-state index in [1.807, 2.05) is 39.2 Å². The van der Waals surface area contributed by atoms with E-state index in [2.05, 4.69) is 5.32 Å². The van der Waals surface area contributed by atoms with E-state index >= 15 is 0 Å². The van der Waals surface area contributed by atoms with Gasteiger partial charge in [-0.15, -0.1) is 24.2 Å². The van der Waals surface area contributed by atoms with Crippen molar-refractivity contribution in [1.82, 2.24) is 0 Å². The maximum Gasteiger partial charge on any atom is 0.245 e. The number of hydrogen-bond acceptors (Lipinski definition) is 4. The van der Waals surface area contributed by atoms with Crippen molar-refractivity contribution in [2.45, 2.75) is 43.7 Å². The first kappa shape index (κ1) is 20.6. The number of thioether (sulfide) groups is 1. The van der Waals surface area contributed by atoms with Gasteiger partial charge in [-0.2, -0.15) is 0 Å². The van der Waals surface area contributed by atoms with Gasteiger partial charge in [0.15, 0.2) is 0 Å². The van der Waals surface area contributed by atoms with Crippen LogP contribution < -0.4 is 11.1 Å². The topological polar surface area (TPSA) is 64.3 Å². The van der Waals surface area contributed by atoms with Gasteiger partial charge in [0.2, 0.25) is 5.91 Å². The maximum atomic E-state index is 12.6. The molecule has 3 N–H and O–H groups in total.